The van der Waals surface area contributed by atoms with E-state index in [2.05, 4.69) is 9.98 Å². The molecule has 0 atom stereocenters. The first-order chi connectivity index (χ1) is 13.2. The van der Waals surface area contributed by atoms with Crippen molar-refractivity contribution in [3.05, 3.63) is 79.6 Å². The van der Waals surface area contributed by atoms with E-state index in [-0.39, 0.29) is 11.5 Å². The summed E-state index contributed by atoms with van der Waals surface area (Å²) in [6, 6.07) is 12.6. The minimum atomic E-state index is -0.379. The summed E-state index contributed by atoms with van der Waals surface area (Å²) in [5.74, 6) is -0.379. The molecule has 0 N–H and O–H groups in total. The highest BCUT2D eigenvalue weighted by atomic mass is 32.1. The summed E-state index contributed by atoms with van der Waals surface area (Å²) in [4.78, 5) is 35.7. The molecule has 27 heavy (non-hydrogen) atoms. The number of carbonyl (C=O) groups is 1. The lowest BCUT2D eigenvalue weighted by atomic mass is 10.2. The maximum atomic E-state index is 12.7. The van der Waals surface area contributed by atoms with Crippen molar-refractivity contribution in [1.29, 1.82) is 0 Å². The van der Waals surface area contributed by atoms with Crippen LogP contribution in [-0.2, 0) is 11.4 Å². The second-order valence-electron chi connectivity index (χ2n) is 5.90. The fourth-order valence-electron chi connectivity index (χ4n) is 2.80. The fourth-order valence-corrected chi connectivity index (χ4v) is 3.74. The molecule has 8 heteroatoms. The van der Waals surface area contributed by atoms with Crippen LogP contribution in [0.15, 0.2) is 58.4 Å². The van der Waals surface area contributed by atoms with Gasteiger partial charge in [0, 0.05) is 11.9 Å². The number of nitrogens with zero attached hydrogens (tertiary/aromatic N) is 4. The highest BCUT2D eigenvalue weighted by molar-refractivity contribution is 7.07. The Morgan fingerprint density at radius 2 is 2.04 bits per heavy atom. The van der Waals surface area contributed by atoms with Crippen molar-refractivity contribution in [1.82, 2.24) is 9.55 Å². The molecule has 0 aliphatic carbocycles. The normalized spacial score (nSPS) is 13.8. The van der Waals surface area contributed by atoms with Gasteiger partial charge in [-0.15, -0.1) is 0 Å². The summed E-state index contributed by atoms with van der Waals surface area (Å²) in [5.41, 5.74) is 2.02. The van der Waals surface area contributed by atoms with Gasteiger partial charge in [0.15, 0.2) is 4.80 Å². The maximum Gasteiger partial charge on any atom is 0.337 e. The van der Waals surface area contributed by atoms with Gasteiger partial charge in [-0.3, -0.25) is 14.3 Å². The number of methoxy groups -OCH3 is 1. The van der Waals surface area contributed by atoms with Crippen molar-refractivity contribution in [3.63, 3.8) is 0 Å². The number of fused-ring (bicyclic) bond motifs is 1. The van der Waals surface area contributed by atoms with Crippen LogP contribution in [0.3, 0.4) is 0 Å². The number of hydrogen-bond acceptors (Lipinski definition) is 7. The first kappa shape index (κ1) is 17.2. The zero-order valence-corrected chi connectivity index (χ0v) is 15.3. The number of rotatable bonds is 3. The SMILES string of the molecule is COC(=O)c1ccc(N2CN=c3s/c(=C\c4ccccn4)c(=O)n3C2)cc1. The van der Waals surface area contributed by atoms with E-state index in [9.17, 15) is 9.59 Å². The molecule has 1 aliphatic rings. The Labute approximate surface area is 158 Å². The third kappa shape index (κ3) is 3.39. The quantitative estimate of drug-likeness (QED) is 0.633. The molecule has 0 unspecified atom stereocenters. The molecule has 0 saturated carbocycles. The Balaban J connectivity index is 1.63. The van der Waals surface area contributed by atoms with E-state index in [0.29, 0.717) is 28.2 Å². The minimum Gasteiger partial charge on any atom is -0.465 e. The highest BCUT2D eigenvalue weighted by Gasteiger charge is 2.16. The van der Waals surface area contributed by atoms with Crippen molar-refractivity contribution < 1.29 is 9.53 Å². The van der Waals surface area contributed by atoms with Crippen molar-refractivity contribution in [2.75, 3.05) is 18.7 Å². The minimum absolute atomic E-state index is 0.0831. The number of esters is 1. The van der Waals surface area contributed by atoms with Gasteiger partial charge in [-0.2, -0.15) is 0 Å². The monoisotopic (exact) mass is 380 g/mol. The summed E-state index contributed by atoms with van der Waals surface area (Å²) in [6.07, 6.45) is 3.48. The van der Waals surface area contributed by atoms with Crippen LogP contribution in [-0.4, -0.2) is 29.3 Å². The lowest BCUT2D eigenvalue weighted by Crippen LogP contribution is -2.42. The Morgan fingerprint density at radius 1 is 1.22 bits per heavy atom. The van der Waals surface area contributed by atoms with Gasteiger partial charge < -0.3 is 9.64 Å². The van der Waals surface area contributed by atoms with Crippen LogP contribution in [0.2, 0.25) is 0 Å². The summed E-state index contributed by atoms with van der Waals surface area (Å²) in [7, 11) is 1.35. The largest absolute Gasteiger partial charge is 0.465 e. The Kier molecular flexibility index (Phi) is 4.55. The second-order valence-corrected chi connectivity index (χ2v) is 6.91. The number of hydrogen-bond donors (Lipinski definition) is 0. The van der Waals surface area contributed by atoms with Crippen LogP contribution in [0.4, 0.5) is 5.69 Å². The standard InChI is InChI=1S/C19H16N4O3S/c1-26-18(25)13-5-7-15(8-6-13)22-11-21-19-23(12-22)17(24)16(27-19)10-14-4-2-3-9-20-14/h2-10H,11-12H2,1H3/b16-10-. The van der Waals surface area contributed by atoms with E-state index in [1.807, 2.05) is 35.2 Å². The van der Waals surface area contributed by atoms with E-state index in [4.69, 9.17) is 4.74 Å². The molecule has 0 radical (unpaired) electrons. The Bertz CT molecular complexity index is 1150. The molecule has 0 spiro atoms. The molecule has 0 bridgehead atoms. The van der Waals surface area contributed by atoms with Crippen molar-refractivity contribution in [2.24, 2.45) is 4.99 Å². The van der Waals surface area contributed by atoms with Crippen LogP contribution >= 0.6 is 11.3 Å². The topological polar surface area (TPSA) is 76.8 Å². The molecule has 0 amide bonds. The molecule has 3 heterocycles. The summed E-state index contributed by atoms with van der Waals surface area (Å²) in [6.45, 7) is 0.850. The van der Waals surface area contributed by atoms with E-state index in [0.717, 1.165) is 11.4 Å². The lowest BCUT2D eigenvalue weighted by Gasteiger charge is -2.25. The average Bonchev–Trinajstić information content (AvgIpc) is 3.03. The molecule has 1 aromatic carbocycles. The molecule has 1 aliphatic heterocycles. The Morgan fingerprint density at radius 3 is 2.74 bits per heavy atom. The van der Waals surface area contributed by atoms with Crippen LogP contribution in [0, 0.1) is 0 Å². The number of aromatic nitrogens is 2. The number of carbonyl (C=O) groups excluding carboxylic acids is 1. The van der Waals surface area contributed by atoms with Gasteiger partial charge in [-0.05, 0) is 42.5 Å². The van der Waals surface area contributed by atoms with Crippen molar-refractivity contribution >= 4 is 29.1 Å². The molecule has 3 aromatic rings. The molecular formula is C19H16N4O3S. The smallest absolute Gasteiger partial charge is 0.337 e. The van der Waals surface area contributed by atoms with Gasteiger partial charge in [-0.1, -0.05) is 17.4 Å². The highest BCUT2D eigenvalue weighted by Crippen LogP contribution is 2.17. The van der Waals surface area contributed by atoms with Crippen LogP contribution in [0.1, 0.15) is 16.1 Å². The number of ether oxygens (including phenoxy) is 1. The molecule has 7 nitrogen and oxygen atoms in total. The molecule has 136 valence electrons. The first-order valence-electron chi connectivity index (χ1n) is 8.26. The second kappa shape index (κ2) is 7.16. The molecule has 2 aromatic heterocycles. The van der Waals surface area contributed by atoms with Gasteiger partial charge in [0.1, 0.15) is 13.3 Å². The molecule has 0 fully saturated rings. The van der Waals surface area contributed by atoms with Gasteiger partial charge in [-0.25, -0.2) is 9.79 Å². The molecular weight excluding hydrogens is 364 g/mol. The van der Waals surface area contributed by atoms with Crippen LogP contribution < -0.4 is 19.8 Å². The Hall–Kier alpha value is -3.26. The van der Waals surface area contributed by atoms with E-state index < -0.39 is 0 Å². The number of anilines is 1. The zero-order chi connectivity index (χ0) is 18.8. The predicted octanol–water partition coefficient (Wildman–Crippen LogP) is 0.975. The first-order valence-corrected chi connectivity index (χ1v) is 9.07. The summed E-state index contributed by atoms with van der Waals surface area (Å²) >= 11 is 1.36. The predicted molar refractivity (Wildman–Crippen MR) is 102 cm³/mol. The average molecular weight is 380 g/mol. The third-order valence-electron chi connectivity index (χ3n) is 4.20. The van der Waals surface area contributed by atoms with Gasteiger partial charge in [0.25, 0.3) is 5.56 Å². The number of thiazole rings is 1. The van der Waals surface area contributed by atoms with Gasteiger partial charge in [0.2, 0.25) is 0 Å². The zero-order valence-electron chi connectivity index (χ0n) is 14.5. The maximum absolute atomic E-state index is 12.7. The molecule has 0 saturated heterocycles. The molecule has 4 rings (SSSR count). The van der Waals surface area contributed by atoms with E-state index >= 15 is 0 Å². The number of benzene rings is 1. The fraction of sp³-hybridized carbons (Fsp3) is 0.158. The van der Waals surface area contributed by atoms with E-state index in [1.165, 1.54) is 18.4 Å². The lowest BCUT2D eigenvalue weighted by molar-refractivity contribution is 0.0601. The van der Waals surface area contributed by atoms with Crippen molar-refractivity contribution in [3.8, 4) is 0 Å². The van der Waals surface area contributed by atoms with Crippen LogP contribution in [0.5, 0.6) is 0 Å². The van der Waals surface area contributed by atoms with Gasteiger partial charge in [0.05, 0.1) is 22.9 Å². The van der Waals surface area contributed by atoms with E-state index in [1.54, 1.807) is 29.0 Å². The summed E-state index contributed by atoms with van der Waals surface area (Å²) in [5, 5.41) is 0. The van der Waals surface area contributed by atoms with Gasteiger partial charge >= 0.3 is 5.97 Å². The summed E-state index contributed by atoms with van der Waals surface area (Å²) < 4.78 is 6.97. The number of pyridine rings is 1. The van der Waals surface area contributed by atoms with Crippen molar-refractivity contribution in [2.45, 2.75) is 6.67 Å². The van der Waals surface area contributed by atoms with Crippen LogP contribution in [0.25, 0.3) is 6.08 Å². The third-order valence-corrected chi connectivity index (χ3v) is 5.24.